The van der Waals surface area contributed by atoms with E-state index in [-0.39, 0.29) is 0 Å². The third kappa shape index (κ3) is 3.52. The summed E-state index contributed by atoms with van der Waals surface area (Å²) in [5.41, 5.74) is 1.22. The van der Waals surface area contributed by atoms with Gasteiger partial charge in [0.1, 0.15) is 0 Å². The maximum atomic E-state index is 11.4. The summed E-state index contributed by atoms with van der Waals surface area (Å²) < 4.78 is 24.2. The first kappa shape index (κ1) is 12.5. The lowest BCUT2D eigenvalue weighted by Crippen LogP contribution is -2.47. The van der Waals surface area contributed by atoms with Gasteiger partial charge in [-0.3, -0.25) is 4.90 Å². The van der Waals surface area contributed by atoms with Crippen LogP contribution >= 0.6 is 0 Å². The van der Waals surface area contributed by atoms with Crippen LogP contribution in [0, 0.1) is 6.07 Å². The van der Waals surface area contributed by atoms with Crippen molar-refractivity contribution >= 4 is 10.0 Å². The van der Waals surface area contributed by atoms with Crippen LogP contribution in [-0.4, -0.2) is 50.1 Å². The molecule has 5 heteroatoms. The lowest BCUT2D eigenvalue weighted by Gasteiger charge is -2.33. The molecule has 1 saturated heterocycles. The molecule has 0 spiro atoms. The first-order valence-electron chi connectivity index (χ1n) is 5.68. The van der Waals surface area contributed by atoms with Gasteiger partial charge in [-0.05, 0) is 17.7 Å². The molecular weight excluding hydrogens is 236 g/mol. The third-order valence-electron chi connectivity index (χ3n) is 2.98. The standard InChI is InChI=1S/C12H17N2O2S/c1-17(15,16)14-9-7-13(8-10-14)11-12-5-3-2-4-6-12/h2-3,5-6H,7-11H2,1H3. The molecule has 0 unspecified atom stereocenters. The van der Waals surface area contributed by atoms with E-state index >= 15 is 0 Å². The molecule has 1 aromatic carbocycles. The fourth-order valence-corrected chi connectivity index (χ4v) is 2.83. The molecule has 0 bridgehead atoms. The van der Waals surface area contributed by atoms with Crippen LogP contribution in [0.25, 0.3) is 0 Å². The van der Waals surface area contributed by atoms with Crippen molar-refractivity contribution in [2.45, 2.75) is 6.54 Å². The van der Waals surface area contributed by atoms with E-state index < -0.39 is 10.0 Å². The van der Waals surface area contributed by atoms with Crippen molar-refractivity contribution in [1.29, 1.82) is 0 Å². The fraction of sp³-hybridized carbons (Fsp3) is 0.500. The van der Waals surface area contributed by atoms with E-state index in [4.69, 9.17) is 0 Å². The highest BCUT2D eigenvalue weighted by Crippen LogP contribution is 2.09. The van der Waals surface area contributed by atoms with Crippen LogP contribution in [-0.2, 0) is 16.6 Å². The van der Waals surface area contributed by atoms with Gasteiger partial charge in [0.2, 0.25) is 10.0 Å². The molecule has 0 aromatic heterocycles. The summed E-state index contributed by atoms with van der Waals surface area (Å²) in [6.45, 7) is 3.64. The summed E-state index contributed by atoms with van der Waals surface area (Å²) in [6.07, 6.45) is 1.27. The van der Waals surface area contributed by atoms with Crippen molar-refractivity contribution in [1.82, 2.24) is 9.21 Å². The summed E-state index contributed by atoms with van der Waals surface area (Å²) >= 11 is 0. The molecule has 0 atom stereocenters. The van der Waals surface area contributed by atoms with Crippen LogP contribution in [0.15, 0.2) is 24.3 Å². The zero-order chi connectivity index (χ0) is 12.3. The Morgan fingerprint density at radius 3 is 2.53 bits per heavy atom. The molecule has 17 heavy (non-hydrogen) atoms. The summed E-state index contributed by atoms with van der Waals surface area (Å²) in [5.74, 6) is 0. The van der Waals surface area contributed by atoms with Crippen LogP contribution < -0.4 is 0 Å². The minimum absolute atomic E-state index is 0.593. The average Bonchev–Trinajstić information content (AvgIpc) is 2.30. The highest BCUT2D eigenvalue weighted by Gasteiger charge is 2.22. The van der Waals surface area contributed by atoms with Crippen molar-refractivity contribution in [3.63, 3.8) is 0 Å². The minimum atomic E-state index is -3.02. The molecule has 1 heterocycles. The highest BCUT2D eigenvalue weighted by atomic mass is 32.2. The number of benzene rings is 1. The van der Waals surface area contributed by atoms with Crippen molar-refractivity contribution < 1.29 is 8.42 Å². The second-order valence-corrected chi connectivity index (χ2v) is 6.33. The smallest absolute Gasteiger partial charge is 0.211 e. The fourth-order valence-electron chi connectivity index (χ4n) is 2.01. The molecule has 1 radical (unpaired) electrons. The predicted octanol–water partition coefficient (Wildman–Crippen LogP) is 0.564. The predicted molar refractivity (Wildman–Crippen MR) is 67.0 cm³/mol. The van der Waals surface area contributed by atoms with Gasteiger partial charge < -0.3 is 0 Å². The van der Waals surface area contributed by atoms with Crippen LogP contribution in [0.3, 0.4) is 0 Å². The van der Waals surface area contributed by atoms with Gasteiger partial charge >= 0.3 is 0 Å². The summed E-state index contributed by atoms with van der Waals surface area (Å²) in [4.78, 5) is 2.27. The molecule has 1 aromatic rings. The minimum Gasteiger partial charge on any atom is -0.296 e. The van der Waals surface area contributed by atoms with Gasteiger partial charge in [-0.2, -0.15) is 4.31 Å². The Morgan fingerprint density at radius 2 is 2.00 bits per heavy atom. The molecule has 0 saturated carbocycles. The third-order valence-corrected chi connectivity index (χ3v) is 4.28. The Bertz CT molecular complexity index is 451. The topological polar surface area (TPSA) is 40.6 Å². The van der Waals surface area contributed by atoms with Crippen molar-refractivity contribution in [2.75, 3.05) is 32.4 Å². The summed E-state index contributed by atoms with van der Waals surface area (Å²) in [6, 6.07) is 10.9. The second-order valence-electron chi connectivity index (χ2n) is 4.35. The number of hydrogen-bond donors (Lipinski definition) is 0. The summed E-state index contributed by atoms with van der Waals surface area (Å²) in [5, 5.41) is 0. The van der Waals surface area contributed by atoms with Gasteiger partial charge in [0.05, 0.1) is 6.26 Å². The van der Waals surface area contributed by atoms with Crippen LogP contribution in [0.4, 0.5) is 0 Å². The van der Waals surface area contributed by atoms with E-state index in [1.54, 1.807) is 4.31 Å². The normalized spacial score (nSPS) is 19.4. The lowest BCUT2D eigenvalue weighted by atomic mass is 10.2. The summed E-state index contributed by atoms with van der Waals surface area (Å²) in [7, 11) is -3.02. The van der Waals surface area contributed by atoms with Crippen LogP contribution in [0.2, 0.25) is 0 Å². The van der Waals surface area contributed by atoms with Crippen LogP contribution in [0.5, 0.6) is 0 Å². The molecule has 0 amide bonds. The van der Waals surface area contributed by atoms with Gasteiger partial charge in [0.25, 0.3) is 0 Å². The van der Waals surface area contributed by atoms with Gasteiger partial charge in [-0.1, -0.05) is 18.2 Å². The molecule has 2 rings (SSSR count). The van der Waals surface area contributed by atoms with E-state index in [0.29, 0.717) is 13.1 Å². The lowest BCUT2D eigenvalue weighted by molar-refractivity contribution is 0.182. The van der Waals surface area contributed by atoms with E-state index in [0.717, 1.165) is 19.6 Å². The quantitative estimate of drug-likeness (QED) is 0.790. The maximum Gasteiger partial charge on any atom is 0.211 e. The van der Waals surface area contributed by atoms with Gasteiger partial charge in [-0.25, -0.2) is 8.42 Å². The maximum absolute atomic E-state index is 11.4. The number of hydrogen-bond acceptors (Lipinski definition) is 3. The first-order valence-corrected chi connectivity index (χ1v) is 7.53. The number of nitrogens with zero attached hydrogens (tertiary/aromatic N) is 2. The molecule has 1 aliphatic heterocycles. The number of piperazine rings is 1. The molecule has 4 nitrogen and oxygen atoms in total. The molecule has 0 N–H and O–H groups in total. The molecule has 0 aliphatic carbocycles. The Kier molecular flexibility index (Phi) is 3.81. The second kappa shape index (κ2) is 5.16. The van der Waals surface area contributed by atoms with E-state index in [2.05, 4.69) is 17.0 Å². The molecule has 93 valence electrons. The number of sulfonamides is 1. The van der Waals surface area contributed by atoms with E-state index in [1.165, 1.54) is 11.8 Å². The van der Waals surface area contributed by atoms with Gasteiger partial charge in [-0.15, -0.1) is 0 Å². The average molecular weight is 253 g/mol. The van der Waals surface area contributed by atoms with Crippen LogP contribution in [0.1, 0.15) is 5.56 Å². The molecule has 1 aliphatic rings. The number of rotatable bonds is 3. The van der Waals surface area contributed by atoms with E-state index in [1.807, 2.05) is 18.2 Å². The highest BCUT2D eigenvalue weighted by molar-refractivity contribution is 7.88. The first-order chi connectivity index (χ1) is 8.05. The Hall–Kier alpha value is -0.910. The SMILES string of the molecule is CS(=O)(=O)N1CCN(Cc2c[c]ccc2)CC1. The Labute approximate surface area is 103 Å². The zero-order valence-corrected chi connectivity index (χ0v) is 10.8. The van der Waals surface area contributed by atoms with E-state index in [9.17, 15) is 8.42 Å². The van der Waals surface area contributed by atoms with Gasteiger partial charge in [0.15, 0.2) is 0 Å². The molecule has 1 fully saturated rings. The van der Waals surface area contributed by atoms with Crippen molar-refractivity contribution in [3.8, 4) is 0 Å². The molecular formula is C12H17N2O2S. The zero-order valence-electron chi connectivity index (χ0n) is 9.96. The Morgan fingerprint density at radius 1 is 1.29 bits per heavy atom. The van der Waals surface area contributed by atoms with Crippen molar-refractivity contribution in [2.24, 2.45) is 0 Å². The van der Waals surface area contributed by atoms with Crippen molar-refractivity contribution in [3.05, 3.63) is 35.9 Å². The monoisotopic (exact) mass is 253 g/mol. The largest absolute Gasteiger partial charge is 0.296 e. The van der Waals surface area contributed by atoms with Gasteiger partial charge in [0, 0.05) is 32.7 Å². The Balaban J connectivity index is 1.88.